The molecule has 0 bridgehead atoms. The summed E-state index contributed by atoms with van der Waals surface area (Å²) in [6, 6.07) is 17.5. The molecule has 0 radical (unpaired) electrons. The number of phosphoric acid groups is 1. The number of hydrogen-bond donors (Lipinski definition) is 3. The summed E-state index contributed by atoms with van der Waals surface area (Å²) in [5.41, 5.74) is 1.15. The molecule has 0 aliphatic heterocycles. The van der Waals surface area contributed by atoms with Crippen LogP contribution in [0.5, 0.6) is 17.2 Å². The fraction of sp³-hybridized carbons (Fsp3) is 0.222. The molecule has 0 saturated heterocycles. The van der Waals surface area contributed by atoms with Crippen LogP contribution in [-0.4, -0.2) is 75.1 Å². The van der Waals surface area contributed by atoms with Crippen LogP contribution in [0.1, 0.15) is 0 Å². The molecule has 3 aromatic rings. The summed E-state index contributed by atoms with van der Waals surface area (Å²) >= 11 is 0. The Morgan fingerprint density at radius 3 is 1.05 bits per heavy atom. The van der Waals surface area contributed by atoms with Crippen molar-refractivity contribution in [1.82, 2.24) is 14.7 Å². The normalized spacial score (nSPS) is 10.6. The average molecular weight is 585 g/mol. The number of amides is 6. The third-order valence-electron chi connectivity index (χ3n) is 5.13. The lowest BCUT2D eigenvalue weighted by Gasteiger charge is -2.21. The predicted molar refractivity (Wildman–Crippen MR) is 157 cm³/mol. The molecular weight excluding hydrogens is 551 g/mol. The Morgan fingerprint density at radius 1 is 0.537 bits per heavy atom. The van der Waals surface area contributed by atoms with Gasteiger partial charge in [0.1, 0.15) is 17.2 Å². The summed E-state index contributed by atoms with van der Waals surface area (Å²) < 4.78 is 31.4. The van der Waals surface area contributed by atoms with Crippen molar-refractivity contribution in [2.24, 2.45) is 0 Å². The maximum atomic E-state index is 14.1. The number of nitrogens with one attached hydrogen (secondary N) is 3. The van der Waals surface area contributed by atoms with Gasteiger partial charge in [-0.25, -0.2) is 14.4 Å². The van der Waals surface area contributed by atoms with Gasteiger partial charge < -0.3 is 44.2 Å². The summed E-state index contributed by atoms with van der Waals surface area (Å²) in [4.78, 5) is 40.4. The second-order valence-electron chi connectivity index (χ2n) is 9.28. The SMILES string of the molecule is CN(C)C(=O)Nc1cccc(OP(=O)(Oc2cccc(NC(=O)N(C)C)c2)Oc2cccc(NC(=O)N(C)C)c2)c1. The van der Waals surface area contributed by atoms with Crippen LogP contribution in [0.4, 0.5) is 31.4 Å². The minimum atomic E-state index is -4.47. The van der Waals surface area contributed by atoms with Crippen LogP contribution in [0.3, 0.4) is 0 Å². The average Bonchev–Trinajstić information content (AvgIpc) is 2.88. The topological polar surface area (TPSA) is 142 Å². The molecular formula is C27H33N6O7P. The standard InChI is InChI=1S/C27H33N6O7P/c1-31(2)25(34)28-19-10-7-13-22(16-19)38-41(37,39-23-14-8-11-20(17-23)29-26(35)32(3)4)40-24-15-9-12-21(18-24)30-27(36)33(5)6/h7-18H,1-6H3,(H,28,34)(H,29,35)(H,30,36). The van der Waals surface area contributed by atoms with E-state index in [1.807, 2.05) is 0 Å². The minimum Gasteiger partial charge on any atom is -0.386 e. The Kier molecular flexibility index (Phi) is 10.0. The maximum absolute atomic E-state index is 14.1. The molecule has 218 valence electrons. The van der Waals surface area contributed by atoms with Crippen molar-refractivity contribution >= 4 is 43.0 Å². The zero-order chi connectivity index (χ0) is 30.2. The Hall–Kier alpha value is -4.90. The van der Waals surface area contributed by atoms with Gasteiger partial charge in [-0.15, -0.1) is 0 Å². The van der Waals surface area contributed by atoms with E-state index < -0.39 is 7.82 Å². The zero-order valence-electron chi connectivity index (χ0n) is 23.6. The van der Waals surface area contributed by atoms with E-state index in [0.717, 1.165) is 0 Å². The number of rotatable bonds is 9. The van der Waals surface area contributed by atoms with E-state index in [-0.39, 0.29) is 35.3 Å². The van der Waals surface area contributed by atoms with Gasteiger partial charge in [-0.2, -0.15) is 4.57 Å². The molecule has 0 aliphatic carbocycles. The molecule has 13 nitrogen and oxygen atoms in total. The Morgan fingerprint density at radius 2 is 0.805 bits per heavy atom. The van der Waals surface area contributed by atoms with Gasteiger partial charge in [0, 0.05) is 77.5 Å². The first-order valence-corrected chi connectivity index (χ1v) is 13.7. The first-order valence-electron chi connectivity index (χ1n) is 12.3. The minimum absolute atomic E-state index is 0.0824. The molecule has 0 atom stereocenters. The predicted octanol–water partition coefficient (Wildman–Crippen LogP) is 5.61. The Labute approximate surface area is 238 Å². The van der Waals surface area contributed by atoms with Crippen LogP contribution in [0, 0.1) is 0 Å². The van der Waals surface area contributed by atoms with Gasteiger partial charge in [0.2, 0.25) is 0 Å². The van der Waals surface area contributed by atoms with Gasteiger partial charge >= 0.3 is 25.9 Å². The molecule has 0 unspecified atom stereocenters. The number of benzene rings is 3. The molecule has 0 heterocycles. The van der Waals surface area contributed by atoms with E-state index in [2.05, 4.69) is 16.0 Å². The van der Waals surface area contributed by atoms with E-state index in [9.17, 15) is 18.9 Å². The maximum Gasteiger partial charge on any atom is 0.647 e. The van der Waals surface area contributed by atoms with Crippen LogP contribution in [-0.2, 0) is 4.57 Å². The van der Waals surface area contributed by atoms with Crippen molar-refractivity contribution < 1.29 is 32.5 Å². The van der Waals surface area contributed by atoms with Crippen LogP contribution in [0.15, 0.2) is 72.8 Å². The molecule has 3 N–H and O–H groups in total. The number of carbonyl (C=O) groups excluding carboxylic acids is 3. The second-order valence-corrected chi connectivity index (χ2v) is 10.7. The molecule has 3 aromatic carbocycles. The number of anilines is 3. The van der Waals surface area contributed by atoms with E-state index >= 15 is 0 Å². The summed E-state index contributed by atoms with van der Waals surface area (Å²) in [6.45, 7) is 0. The van der Waals surface area contributed by atoms with Gasteiger partial charge in [0.05, 0.1) is 0 Å². The fourth-order valence-electron chi connectivity index (χ4n) is 3.04. The largest absolute Gasteiger partial charge is 0.647 e. The molecule has 0 spiro atoms. The molecule has 6 amide bonds. The number of hydrogen-bond acceptors (Lipinski definition) is 7. The summed E-state index contributed by atoms with van der Waals surface area (Å²) in [7, 11) is 5.08. The van der Waals surface area contributed by atoms with E-state index in [4.69, 9.17) is 13.6 Å². The van der Waals surface area contributed by atoms with Crippen molar-refractivity contribution in [3.05, 3.63) is 72.8 Å². The van der Waals surface area contributed by atoms with E-state index in [1.54, 1.807) is 78.7 Å². The third kappa shape index (κ3) is 9.36. The lowest BCUT2D eigenvalue weighted by atomic mass is 10.3. The lowest BCUT2D eigenvalue weighted by Crippen LogP contribution is -2.27. The van der Waals surface area contributed by atoms with Crippen molar-refractivity contribution in [2.45, 2.75) is 0 Å². The zero-order valence-corrected chi connectivity index (χ0v) is 24.5. The van der Waals surface area contributed by atoms with Gasteiger partial charge in [-0.3, -0.25) is 0 Å². The number of phosphoric ester groups is 1. The number of nitrogens with zero attached hydrogens (tertiary/aromatic N) is 3. The van der Waals surface area contributed by atoms with Crippen LogP contribution in [0.25, 0.3) is 0 Å². The highest BCUT2D eigenvalue weighted by atomic mass is 31.2. The fourth-order valence-corrected chi connectivity index (χ4v) is 4.27. The highest BCUT2D eigenvalue weighted by molar-refractivity contribution is 7.49. The van der Waals surface area contributed by atoms with Crippen LogP contribution >= 0.6 is 7.82 Å². The second kappa shape index (κ2) is 13.4. The Balaban J connectivity index is 1.93. The molecule has 0 aliphatic rings. The van der Waals surface area contributed by atoms with Crippen molar-refractivity contribution in [3.8, 4) is 17.2 Å². The summed E-state index contributed by atoms with van der Waals surface area (Å²) in [5, 5.41) is 8.05. The van der Waals surface area contributed by atoms with E-state index in [1.165, 1.54) is 51.1 Å². The highest BCUT2D eigenvalue weighted by Crippen LogP contribution is 2.50. The van der Waals surface area contributed by atoms with Gasteiger partial charge in [-0.05, 0) is 36.4 Å². The van der Waals surface area contributed by atoms with Crippen molar-refractivity contribution in [1.29, 1.82) is 0 Å². The molecule has 0 fully saturated rings. The van der Waals surface area contributed by atoms with Crippen molar-refractivity contribution in [3.63, 3.8) is 0 Å². The first kappa shape index (κ1) is 30.6. The van der Waals surface area contributed by atoms with E-state index in [0.29, 0.717) is 17.1 Å². The third-order valence-corrected chi connectivity index (χ3v) is 6.43. The summed E-state index contributed by atoms with van der Waals surface area (Å²) in [6.07, 6.45) is 0. The molecule has 0 saturated carbocycles. The van der Waals surface area contributed by atoms with Crippen LogP contribution in [0.2, 0.25) is 0 Å². The first-order chi connectivity index (χ1) is 19.3. The van der Waals surface area contributed by atoms with Gasteiger partial charge in [-0.1, -0.05) is 18.2 Å². The Bertz CT molecular complexity index is 1280. The summed E-state index contributed by atoms with van der Waals surface area (Å²) in [5.74, 6) is 0.247. The highest BCUT2D eigenvalue weighted by Gasteiger charge is 2.34. The molecule has 0 aromatic heterocycles. The van der Waals surface area contributed by atoms with Crippen molar-refractivity contribution in [2.75, 3.05) is 58.2 Å². The molecule has 14 heteroatoms. The smallest absolute Gasteiger partial charge is 0.386 e. The van der Waals surface area contributed by atoms with Gasteiger partial charge in [0.25, 0.3) is 0 Å². The lowest BCUT2D eigenvalue weighted by molar-refractivity contribution is 0.230. The molecule has 41 heavy (non-hydrogen) atoms. The van der Waals surface area contributed by atoms with Gasteiger partial charge in [0.15, 0.2) is 0 Å². The van der Waals surface area contributed by atoms with Crippen LogP contribution < -0.4 is 29.5 Å². The monoisotopic (exact) mass is 584 g/mol. The number of carbonyl (C=O) groups is 3. The number of urea groups is 3. The quantitative estimate of drug-likeness (QED) is 0.278. The molecule has 3 rings (SSSR count).